The van der Waals surface area contributed by atoms with Crippen molar-refractivity contribution in [2.24, 2.45) is 0 Å². The molecule has 0 saturated heterocycles. The van der Waals surface area contributed by atoms with Crippen LogP contribution in [0.4, 0.5) is 0 Å². The second kappa shape index (κ2) is 6.29. The normalized spacial score (nSPS) is 18.3. The lowest BCUT2D eigenvalue weighted by molar-refractivity contribution is 0.108. The Kier molecular flexibility index (Phi) is 4.23. The predicted octanol–water partition coefficient (Wildman–Crippen LogP) is 2.79. The van der Waals surface area contributed by atoms with E-state index >= 15 is 0 Å². The maximum Gasteiger partial charge on any atom is 0.118 e. The Morgan fingerprint density at radius 1 is 1.14 bits per heavy atom. The van der Waals surface area contributed by atoms with E-state index in [1.54, 1.807) is 7.11 Å². The largest absolute Gasteiger partial charge is 0.497 e. The molecule has 2 aromatic rings. The van der Waals surface area contributed by atoms with E-state index in [9.17, 15) is 5.11 Å². The third-order valence-corrected chi connectivity index (χ3v) is 4.24. The Bertz CT molecular complexity index is 594. The first kappa shape index (κ1) is 14.1. The van der Waals surface area contributed by atoms with Crippen molar-refractivity contribution in [3.63, 3.8) is 0 Å². The summed E-state index contributed by atoms with van der Waals surface area (Å²) in [5, 5.41) is 9.81. The van der Waals surface area contributed by atoms with Crippen LogP contribution in [0.25, 0.3) is 0 Å². The number of aliphatic hydroxyl groups excluding tert-OH is 1. The molecule has 1 aliphatic heterocycles. The molecule has 3 heteroatoms. The number of hydrogen-bond donors (Lipinski definition) is 1. The van der Waals surface area contributed by atoms with Gasteiger partial charge in [0.15, 0.2) is 0 Å². The van der Waals surface area contributed by atoms with Gasteiger partial charge in [-0.3, -0.25) is 4.90 Å². The van der Waals surface area contributed by atoms with Crippen LogP contribution in [0.3, 0.4) is 0 Å². The van der Waals surface area contributed by atoms with Gasteiger partial charge in [-0.05, 0) is 35.2 Å². The van der Waals surface area contributed by atoms with Gasteiger partial charge in [0.1, 0.15) is 5.75 Å². The van der Waals surface area contributed by atoms with Crippen molar-refractivity contribution >= 4 is 0 Å². The van der Waals surface area contributed by atoms with Gasteiger partial charge in [0.2, 0.25) is 0 Å². The van der Waals surface area contributed by atoms with Crippen molar-refractivity contribution in [1.29, 1.82) is 0 Å². The third-order valence-electron chi connectivity index (χ3n) is 4.24. The predicted molar refractivity (Wildman–Crippen MR) is 83.4 cm³/mol. The van der Waals surface area contributed by atoms with Gasteiger partial charge in [-0.2, -0.15) is 0 Å². The second-order valence-corrected chi connectivity index (χ2v) is 5.47. The highest BCUT2D eigenvalue weighted by atomic mass is 16.5. The minimum atomic E-state index is 0.0945. The summed E-state index contributed by atoms with van der Waals surface area (Å²) < 4.78 is 5.19. The molecule has 0 radical (unpaired) electrons. The van der Waals surface area contributed by atoms with Gasteiger partial charge < -0.3 is 9.84 Å². The minimum Gasteiger partial charge on any atom is -0.497 e. The molecule has 2 aromatic carbocycles. The standard InChI is InChI=1S/C18H21NO2/c1-21-16-8-6-14(7-9-16)12-19-11-10-15-4-2-3-5-17(15)18(19)13-20/h2-9,18,20H,10-13H2,1H3. The highest BCUT2D eigenvalue weighted by Gasteiger charge is 2.26. The van der Waals surface area contributed by atoms with Crippen LogP contribution in [0.15, 0.2) is 48.5 Å². The number of benzene rings is 2. The average molecular weight is 283 g/mol. The number of fused-ring (bicyclic) bond motifs is 1. The third kappa shape index (κ3) is 2.94. The van der Waals surface area contributed by atoms with Crippen molar-refractivity contribution in [3.8, 4) is 5.75 Å². The molecule has 0 aromatic heterocycles. The summed E-state index contributed by atoms with van der Waals surface area (Å²) in [5.74, 6) is 0.876. The second-order valence-electron chi connectivity index (χ2n) is 5.47. The Hall–Kier alpha value is -1.84. The molecule has 3 rings (SSSR count). The van der Waals surface area contributed by atoms with E-state index in [0.29, 0.717) is 0 Å². The van der Waals surface area contributed by atoms with E-state index in [-0.39, 0.29) is 12.6 Å². The lowest BCUT2D eigenvalue weighted by Gasteiger charge is -2.36. The number of nitrogens with zero attached hydrogens (tertiary/aromatic N) is 1. The summed E-state index contributed by atoms with van der Waals surface area (Å²) in [7, 11) is 1.68. The molecule has 1 aliphatic rings. The maximum atomic E-state index is 9.81. The molecular weight excluding hydrogens is 262 g/mol. The van der Waals surface area contributed by atoms with Gasteiger partial charge in [0.25, 0.3) is 0 Å². The molecule has 0 fully saturated rings. The number of rotatable bonds is 4. The molecule has 3 nitrogen and oxygen atoms in total. The number of hydrogen-bond acceptors (Lipinski definition) is 3. The van der Waals surface area contributed by atoms with Crippen LogP contribution < -0.4 is 4.74 Å². The summed E-state index contributed by atoms with van der Waals surface area (Å²) in [6, 6.07) is 16.7. The molecule has 0 amide bonds. The van der Waals surface area contributed by atoms with Crippen LogP contribution in [0.2, 0.25) is 0 Å². The van der Waals surface area contributed by atoms with E-state index in [2.05, 4.69) is 41.3 Å². The zero-order chi connectivity index (χ0) is 14.7. The van der Waals surface area contributed by atoms with Crippen LogP contribution >= 0.6 is 0 Å². The zero-order valence-electron chi connectivity index (χ0n) is 12.3. The molecule has 21 heavy (non-hydrogen) atoms. The Morgan fingerprint density at radius 3 is 2.62 bits per heavy atom. The highest BCUT2D eigenvalue weighted by molar-refractivity contribution is 5.33. The number of aliphatic hydroxyl groups is 1. The van der Waals surface area contributed by atoms with E-state index in [1.807, 2.05) is 12.1 Å². The SMILES string of the molecule is COc1ccc(CN2CCc3ccccc3C2CO)cc1. The molecule has 1 heterocycles. The van der Waals surface area contributed by atoms with Gasteiger partial charge in [-0.25, -0.2) is 0 Å². The first-order valence-electron chi connectivity index (χ1n) is 7.37. The number of methoxy groups -OCH3 is 1. The first-order valence-corrected chi connectivity index (χ1v) is 7.37. The lowest BCUT2D eigenvalue weighted by atomic mass is 9.92. The van der Waals surface area contributed by atoms with E-state index in [0.717, 1.165) is 25.3 Å². The molecule has 1 N–H and O–H groups in total. The van der Waals surface area contributed by atoms with Gasteiger partial charge in [-0.1, -0.05) is 36.4 Å². The van der Waals surface area contributed by atoms with Crippen LogP contribution in [0.1, 0.15) is 22.7 Å². The van der Waals surface area contributed by atoms with E-state index in [4.69, 9.17) is 4.74 Å². The zero-order valence-corrected chi connectivity index (χ0v) is 12.3. The summed E-state index contributed by atoms with van der Waals surface area (Å²) >= 11 is 0. The van der Waals surface area contributed by atoms with Crippen molar-refractivity contribution in [1.82, 2.24) is 4.90 Å². The van der Waals surface area contributed by atoms with Crippen LogP contribution in [0, 0.1) is 0 Å². The van der Waals surface area contributed by atoms with Gasteiger partial charge in [-0.15, -0.1) is 0 Å². The van der Waals surface area contributed by atoms with Crippen molar-refractivity contribution in [2.75, 3.05) is 20.3 Å². The fourth-order valence-electron chi connectivity index (χ4n) is 3.07. The average Bonchev–Trinajstić information content (AvgIpc) is 2.55. The Morgan fingerprint density at radius 2 is 1.90 bits per heavy atom. The van der Waals surface area contributed by atoms with Crippen LogP contribution in [-0.4, -0.2) is 30.3 Å². The summed E-state index contributed by atoms with van der Waals surface area (Å²) in [5.41, 5.74) is 3.87. The molecule has 1 atom stereocenters. The molecule has 0 spiro atoms. The Balaban J connectivity index is 1.79. The van der Waals surface area contributed by atoms with Gasteiger partial charge >= 0.3 is 0 Å². The monoisotopic (exact) mass is 283 g/mol. The molecule has 0 bridgehead atoms. The van der Waals surface area contributed by atoms with E-state index in [1.165, 1.54) is 16.7 Å². The summed E-state index contributed by atoms with van der Waals surface area (Å²) in [6.07, 6.45) is 1.04. The molecule has 0 aliphatic carbocycles. The Labute approximate surface area is 125 Å². The molecule has 0 saturated carbocycles. The quantitative estimate of drug-likeness (QED) is 0.936. The summed E-state index contributed by atoms with van der Waals surface area (Å²) in [6.45, 7) is 1.99. The van der Waals surface area contributed by atoms with Gasteiger partial charge in [0, 0.05) is 13.1 Å². The minimum absolute atomic E-state index is 0.0945. The first-order chi connectivity index (χ1) is 10.3. The van der Waals surface area contributed by atoms with Crippen molar-refractivity contribution in [2.45, 2.75) is 19.0 Å². The van der Waals surface area contributed by atoms with Crippen LogP contribution in [-0.2, 0) is 13.0 Å². The smallest absolute Gasteiger partial charge is 0.118 e. The maximum absolute atomic E-state index is 9.81. The highest BCUT2D eigenvalue weighted by Crippen LogP contribution is 2.30. The fraction of sp³-hybridized carbons (Fsp3) is 0.333. The van der Waals surface area contributed by atoms with E-state index < -0.39 is 0 Å². The molecular formula is C18H21NO2. The van der Waals surface area contributed by atoms with Crippen molar-refractivity contribution < 1.29 is 9.84 Å². The molecule has 110 valence electrons. The topological polar surface area (TPSA) is 32.7 Å². The fourth-order valence-corrected chi connectivity index (χ4v) is 3.07. The van der Waals surface area contributed by atoms with Crippen molar-refractivity contribution in [3.05, 3.63) is 65.2 Å². The molecule has 1 unspecified atom stereocenters. The lowest BCUT2D eigenvalue weighted by Crippen LogP contribution is -2.36. The summed E-state index contributed by atoms with van der Waals surface area (Å²) in [4.78, 5) is 2.35. The van der Waals surface area contributed by atoms with Gasteiger partial charge in [0.05, 0.1) is 19.8 Å². The van der Waals surface area contributed by atoms with Crippen LogP contribution in [0.5, 0.6) is 5.75 Å². The number of ether oxygens (including phenoxy) is 1.